The van der Waals surface area contributed by atoms with Crippen molar-refractivity contribution in [2.45, 2.75) is 25.3 Å². The van der Waals surface area contributed by atoms with Crippen molar-refractivity contribution < 1.29 is 0 Å². The molecule has 0 aromatic carbocycles. The van der Waals surface area contributed by atoms with Gasteiger partial charge in [0.1, 0.15) is 17.5 Å². The average Bonchev–Trinajstić information content (AvgIpc) is 3.08. The first-order valence-corrected chi connectivity index (χ1v) is 8.81. The number of aryl methyl sites for hydroxylation is 1. The summed E-state index contributed by atoms with van der Waals surface area (Å²) in [6, 6.07) is 0. The summed E-state index contributed by atoms with van der Waals surface area (Å²) < 4.78 is 2.08. The van der Waals surface area contributed by atoms with Crippen LogP contribution in [0, 0.1) is 0 Å². The quantitative estimate of drug-likeness (QED) is 0.754. The summed E-state index contributed by atoms with van der Waals surface area (Å²) in [6.45, 7) is 2.96. The van der Waals surface area contributed by atoms with Gasteiger partial charge < -0.3 is 9.88 Å². The molecule has 3 aromatic rings. The van der Waals surface area contributed by atoms with Gasteiger partial charge in [-0.3, -0.25) is 14.9 Å². The second kappa shape index (κ2) is 7.57. The Hall–Kier alpha value is -2.87. The Labute approximate surface area is 152 Å². The van der Waals surface area contributed by atoms with Crippen LogP contribution in [0.15, 0.2) is 43.4 Å². The van der Waals surface area contributed by atoms with Crippen LogP contribution >= 0.6 is 0 Å². The summed E-state index contributed by atoms with van der Waals surface area (Å²) in [4.78, 5) is 24.2. The Kier molecular flexibility index (Phi) is 4.83. The van der Waals surface area contributed by atoms with Crippen LogP contribution in [0.4, 0.5) is 11.6 Å². The number of anilines is 2. The van der Waals surface area contributed by atoms with Crippen molar-refractivity contribution in [3.8, 4) is 0 Å². The maximum absolute atomic E-state index is 4.63. The third-order valence-corrected chi connectivity index (χ3v) is 4.70. The number of rotatable bonds is 5. The molecule has 8 heteroatoms. The molecular formula is C18H22N8. The summed E-state index contributed by atoms with van der Waals surface area (Å²) in [5, 5.41) is 3.11. The van der Waals surface area contributed by atoms with E-state index in [-0.39, 0.29) is 0 Å². The molecule has 1 aliphatic heterocycles. The molecule has 26 heavy (non-hydrogen) atoms. The lowest BCUT2D eigenvalue weighted by Gasteiger charge is -2.32. The minimum Gasteiger partial charge on any atom is -0.337 e. The van der Waals surface area contributed by atoms with Crippen molar-refractivity contribution in [2.75, 3.05) is 18.4 Å². The lowest BCUT2D eigenvalue weighted by molar-refractivity contribution is 0.192. The van der Waals surface area contributed by atoms with Crippen LogP contribution in [0.5, 0.6) is 0 Å². The van der Waals surface area contributed by atoms with Crippen LogP contribution < -0.4 is 5.32 Å². The first kappa shape index (κ1) is 16.6. The number of nitrogens with one attached hydrogen (secondary N) is 1. The summed E-state index contributed by atoms with van der Waals surface area (Å²) in [5.74, 6) is 2.84. The van der Waals surface area contributed by atoms with Gasteiger partial charge in [0.15, 0.2) is 0 Å². The molecule has 0 aliphatic carbocycles. The van der Waals surface area contributed by atoms with Gasteiger partial charge in [-0.05, 0) is 19.4 Å². The van der Waals surface area contributed by atoms with Gasteiger partial charge in [0.05, 0.1) is 30.8 Å². The number of piperidine rings is 1. The van der Waals surface area contributed by atoms with Gasteiger partial charge in [0.25, 0.3) is 0 Å². The summed E-state index contributed by atoms with van der Waals surface area (Å²) >= 11 is 0. The Morgan fingerprint density at radius 3 is 2.69 bits per heavy atom. The van der Waals surface area contributed by atoms with Crippen LogP contribution in [0.1, 0.15) is 30.3 Å². The van der Waals surface area contributed by atoms with E-state index in [1.165, 1.54) is 0 Å². The van der Waals surface area contributed by atoms with E-state index in [1.54, 1.807) is 24.8 Å². The average molecular weight is 350 g/mol. The molecule has 0 saturated carbocycles. The molecule has 4 heterocycles. The molecule has 1 saturated heterocycles. The van der Waals surface area contributed by atoms with Crippen LogP contribution in [0.3, 0.4) is 0 Å². The third-order valence-electron chi connectivity index (χ3n) is 4.70. The van der Waals surface area contributed by atoms with E-state index in [0.717, 1.165) is 44.0 Å². The van der Waals surface area contributed by atoms with Crippen molar-refractivity contribution in [1.82, 2.24) is 34.4 Å². The van der Waals surface area contributed by atoms with Gasteiger partial charge in [0, 0.05) is 44.3 Å². The Bertz CT molecular complexity index is 830. The number of likely N-dealkylation sites (tertiary alicyclic amines) is 1. The Morgan fingerprint density at radius 2 is 1.96 bits per heavy atom. The van der Waals surface area contributed by atoms with Gasteiger partial charge in [-0.2, -0.15) is 0 Å². The predicted octanol–water partition coefficient (Wildman–Crippen LogP) is 2.12. The van der Waals surface area contributed by atoms with Gasteiger partial charge >= 0.3 is 0 Å². The van der Waals surface area contributed by atoms with E-state index in [2.05, 4.69) is 39.7 Å². The number of hydrogen-bond acceptors (Lipinski definition) is 7. The predicted molar refractivity (Wildman–Crippen MR) is 97.8 cm³/mol. The van der Waals surface area contributed by atoms with Crippen LogP contribution in [-0.4, -0.2) is 47.5 Å². The highest BCUT2D eigenvalue weighted by atomic mass is 15.2. The Morgan fingerprint density at radius 1 is 1.04 bits per heavy atom. The molecular weight excluding hydrogens is 328 g/mol. The summed E-state index contributed by atoms with van der Waals surface area (Å²) in [7, 11) is 2.04. The second-order valence-corrected chi connectivity index (χ2v) is 6.57. The molecule has 0 bridgehead atoms. The fourth-order valence-electron chi connectivity index (χ4n) is 3.30. The number of imidazole rings is 1. The number of hydrogen-bond donors (Lipinski definition) is 1. The molecule has 1 aliphatic rings. The van der Waals surface area contributed by atoms with Crippen molar-refractivity contribution in [3.63, 3.8) is 0 Å². The van der Waals surface area contributed by atoms with Crippen LogP contribution in [0.25, 0.3) is 0 Å². The summed E-state index contributed by atoms with van der Waals surface area (Å²) in [6.07, 6.45) is 14.7. The van der Waals surface area contributed by atoms with E-state index in [0.29, 0.717) is 17.6 Å². The highest BCUT2D eigenvalue weighted by molar-refractivity contribution is 5.48. The summed E-state index contributed by atoms with van der Waals surface area (Å²) in [5.41, 5.74) is 1.04. The van der Waals surface area contributed by atoms with Crippen molar-refractivity contribution >= 4 is 11.6 Å². The zero-order valence-electron chi connectivity index (χ0n) is 14.8. The normalized spacial score (nSPS) is 18.0. The molecule has 0 unspecified atom stereocenters. The van der Waals surface area contributed by atoms with Crippen molar-refractivity contribution in [1.29, 1.82) is 0 Å². The molecule has 0 amide bonds. The minimum absolute atomic E-state index is 0.405. The lowest BCUT2D eigenvalue weighted by atomic mass is 9.95. The van der Waals surface area contributed by atoms with E-state index >= 15 is 0 Å². The zero-order valence-corrected chi connectivity index (χ0v) is 14.8. The number of aromatic nitrogens is 6. The minimum atomic E-state index is 0.405. The first-order chi connectivity index (χ1) is 12.8. The smallest absolute Gasteiger partial charge is 0.150 e. The molecule has 134 valence electrons. The van der Waals surface area contributed by atoms with Gasteiger partial charge in [-0.15, -0.1) is 0 Å². The zero-order chi connectivity index (χ0) is 17.8. The monoisotopic (exact) mass is 350 g/mol. The van der Waals surface area contributed by atoms with Crippen LogP contribution in [0.2, 0.25) is 0 Å². The van der Waals surface area contributed by atoms with E-state index in [9.17, 15) is 0 Å². The molecule has 3 aromatic heterocycles. The lowest BCUT2D eigenvalue weighted by Crippen LogP contribution is -2.35. The molecule has 0 spiro atoms. The molecule has 4 rings (SSSR count). The van der Waals surface area contributed by atoms with E-state index < -0.39 is 0 Å². The molecule has 0 radical (unpaired) electrons. The van der Waals surface area contributed by atoms with E-state index in [4.69, 9.17) is 0 Å². The largest absolute Gasteiger partial charge is 0.337 e. The maximum atomic E-state index is 4.63. The fraction of sp³-hybridized carbons (Fsp3) is 0.389. The topological polar surface area (TPSA) is 84.7 Å². The maximum Gasteiger partial charge on any atom is 0.150 e. The highest BCUT2D eigenvalue weighted by Gasteiger charge is 2.23. The first-order valence-electron chi connectivity index (χ1n) is 8.81. The SMILES string of the molecule is Cn1ccnc1CN1CCC[C@@H](c2cnc(Nc3cnccn3)cn2)C1. The van der Waals surface area contributed by atoms with Crippen molar-refractivity contribution in [3.05, 3.63) is 54.9 Å². The van der Waals surface area contributed by atoms with E-state index in [1.807, 2.05) is 25.6 Å². The van der Waals surface area contributed by atoms with Gasteiger partial charge in [-0.1, -0.05) is 0 Å². The fourth-order valence-corrected chi connectivity index (χ4v) is 3.30. The standard InChI is InChI=1S/C18H22N8/c1-25-8-6-21-18(25)13-26-7-2-3-14(12-26)15-9-23-17(11-22-15)24-16-10-19-4-5-20-16/h4-6,8-11,14H,2-3,7,12-13H2,1H3,(H,20,23,24)/t14-/m1/s1. The highest BCUT2D eigenvalue weighted by Crippen LogP contribution is 2.26. The van der Waals surface area contributed by atoms with Crippen molar-refractivity contribution in [2.24, 2.45) is 7.05 Å². The second-order valence-electron chi connectivity index (χ2n) is 6.57. The number of nitrogens with zero attached hydrogens (tertiary/aromatic N) is 7. The van der Waals surface area contributed by atoms with Crippen LogP contribution in [-0.2, 0) is 13.6 Å². The van der Waals surface area contributed by atoms with Gasteiger partial charge in [0.2, 0.25) is 0 Å². The Balaban J connectivity index is 1.39. The van der Waals surface area contributed by atoms with Gasteiger partial charge in [-0.25, -0.2) is 15.0 Å². The molecule has 1 atom stereocenters. The molecule has 8 nitrogen and oxygen atoms in total. The third kappa shape index (κ3) is 3.85. The molecule has 1 N–H and O–H groups in total. The molecule has 1 fully saturated rings.